The molecule has 0 heterocycles. The Morgan fingerprint density at radius 3 is 1.48 bits per heavy atom. The molecule has 1 rings (SSSR count). The highest BCUT2D eigenvalue weighted by atomic mass is 16.2. The Balaban J connectivity index is 1.76. The molecule has 0 spiro atoms. The molecule has 0 unspecified atom stereocenters. The van der Waals surface area contributed by atoms with Crippen molar-refractivity contribution < 1.29 is 9.59 Å². The Morgan fingerprint density at radius 1 is 0.593 bits per heavy atom. The third kappa shape index (κ3) is 13.4. The van der Waals surface area contributed by atoms with Gasteiger partial charge in [-0.3, -0.25) is 9.59 Å². The minimum Gasteiger partial charge on any atom is -0.385 e. The molecule has 0 aliphatic heterocycles. The third-order valence-corrected chi connectivity index (χ3v) is 5.30. The predicted octanol–water partition coefficient (Wildman–Crippen LogP) is 6.43. The molecule has 0 aromatic carbocycles. The summed E-state index contributed by atoms with van der Waals surface area (Å²) in [6.07, 6.45) is 26.4. The van der Waals surface area contributed by atoms with Crippen LogP contribution in [0.25, 0.3) is 0 Å². The molecule has 1 aliphatic rings. The van der Waals surface area contributed by atoms with Crippen LogP contribution in [0.5, 0.6) is 0 Å². The van der Waals surface area contributed by atoms with Gasteiger partial charge in [-0.05, 0) is 18.6 Å². The first-order valence-corrected chi connectivity index (χ1v) is 11.5. The standard InChI is InChI=1S/C24H41NO2/c1-2-3-4-5-6-7-8-9-10-11-12-13-14-15-16-17-20-25-22-18-19-23(26)24(27)21-22/h18-19,21,25H,2-17,20H2,1H3. The van der Waals surface area contributed by atoms with E-state index in [1.807, 2.05) is 0 Å². The summed E-state index contributed by atoms with van der Waals surface area (Å²) in [6, 6.07) is 0. The largest absolute Gasteiger partial charge is 0.385 e. The van der Waals surface area contributed by atoms with Crippen LogP contribution >= 0.6 is 0 Å². The molecule has 0 bridgehead atoms. The van der Waals surface area contributed by atoms with Gasteiger partial charge < -0.3 is 5.32 Å². The molecule has 0 radical (unpaired) electrons. The maximum absolute atomic E-state index is 11.3. The molecule has 154 valence electrons. The summed E-state index contributed by atoms with van der Waals surface area (Å²) in [5.41, 5.74) is 0.764. The van der Waals surface area contributed by atoms with Gasteiger partial charge in [0.25, 0.3) is 0 Å². The van der Waals surface area contributed by atoms with Crippen LogP contribution < -0.4 is 5.32 Å². The first-order chi connectivity index (χ1) is 13.2. The Labute approximate surface area is 167 Å². The van der Waals surface area contributed by atoms with Gasteiger partial charge in [0.2, 0.25) is 11.6 Å². The maximum atomic E-state index is 11.3. The summed E-state index contributed by atoms with van der Waals surface area (Å²) < 4.78 is 0. The predicted molar refractivity (Wildman–Crippen MR) is 115 cm³/mol. The Kier molecular flexibility index (Phi) is 14.7. The number of carbonyl (C=O) groups is 2. The van der Waals surface area contributed by atoms with Crippen LogP contribution in [0.1, 0.15) is 110 Å². The van der Waals surface area contributed by atoms with E-state index in [4.69, 9.17) is 0 Å². The lowest BCUT2D eigenvalue weighted by Crippen LogP contribution is -2.20. The van der Waals surface area contributed by atoms with Gasteiger partial charge in [0.15, 0.2) is 0 Å². The van der Waals surface area contributed by atoms with Gasteiger partial charge >= 0.3 is 0 Å². The summed E-state index contributed by atoms with van der Waals surface area (Å²) in [5, 5.41) is 3.22. The van der Waals surface area contributed by atoms with E-state index >= 15 is 0 Å². The van der Waals surface area contributed by atoms with E-state index in [0.717, 1.165) is 18.7 Å². The molecular weight excluding hydrogens is 334 g/mol. The van der Waals surface area contributed by atoms with Crippen molar-refractivity contribution in [2.24, 2.45) is 0 Å². The van der Waals surface area contributed by atoms with Crippen LogP contribution in [0.4, 0.5) is 0 Å². The number of allylic oxidation sites excluding steroid dienone is 3. The van der Waals surface area contributed by atoms with Crippen molar-refractivity contribution in [1.82, 2.24) is 5.32 Å². The lowest BCUT2D eigenvalue weighted by Gasteiger charge is -2.09. The number of ketones is 2. The number of nitrogens with one attached hydrogen (secondary N) is 1. The Bertz CT molecular complexity index is 465. The minimum atomic E-state index is -0.428. The number of hydrogen-bond acceptors (Lipinski definition) is 3. The highest BCUT2D eigenvalue weighted by Crippen LogP contribution is 2.13. The van der Waals surface area contributed by atoms with E-state index in [1.165, 1.54) is 108 Å². The minimum absolute atomic E-state index is 0.424. The first kappa shape index (κ1) is 23.7. The van der Waals surface area contributed by atoms with Crippen LogP contribution in [0.3, 0.4) is 0 Å². The van der Waals surface area contributed by atoms with E-state index in [1.54, 1.807) is 6.08 Å². The second kappa shape index (κ2) is 16.8. The second-order valence-corrected chi connectivity index (χ2v) is 7.89. The van der Waals surface area contributed by atoms with Crippen molar-refractivity contribution in [3.05, 3.63) is 23.9 Å². The summed E-state index contributed by atoms with van der Waals surface area (Å²) in [7, 11) is 0. The number of hydrogen-bond donors (Lipinski definition) is 1. The molecule has 0 aromatic rings. The topological polar surface area (TPSA) is 46.2 Å². The fraction of sp³-hybridized carbons (Fsp3) is 0.750. The summed E-state index contributed by atoms with van der Waals surface area (Å²) in [6.45, 7) is 3.15. The van der Waals surface area contributed by atoms with E-state index in [0.29, 0.717) is 0 Å². The van der Waals surface area contributed by atoms with E-state index in [9.17, 15) is 9.59 Å². The van der Waals surface area contributed by atoms with Crippen molar-refractivity contribution in [3.63, 3.8) is 0 Å². The van der Waals surface area contributed by atoms with Crippen molar-refractivity contribution in [1.29, 1.82) is 0 Å². The fourth-order valence-electron chi connectivity index (χ4n) is 3.52. The number of unbranched alkanes of at least 4 members (excludes halogenated alkanes) is 15. The van der Waals surface area contributed by atoms with Gasteiger partial charge in [-0.25, -0.2) is 0 Å². The number of carbonyl (C=O) groups excluding carboxylic acids is 2. The maximum Gasteiger partial charge on any atom is 0.227 e. The van der Waals surface area contributed by atoms with E-state index < -0.39 is 11.6 Å². The molecule has 0 aromatic heterocycles. The number of rotatable bonds is 18. The molecule has 27 heavy (non-hydrogen) atoms. The summed E-state index contributed by atoms with van der Waals surface area (Å²) in [5.74, 6) is -0.852. The molecule has 3 heteroatoms. The average Bonchev–Trinajstić information content (AvgIpc) is 2.67. The molecule has 1 aliphatic carbocycles. The van der Waals surface area contributed by atoms with Gasteiger partial charge in [0.05, 0.1) is 0 Å². The fourth-order valence-corrected chi connectivity index (χ4v) is 3.52. The van der Waals surface area contributed by atoms with Gasteiger partial charge in [0.1, 0.15) is 0 Å². The zero-order valence-electron chi connectivity index (χ0n) is 17.6. The van der Waals surface area contributed by atoms with Crippen LogP contribution in [0.15, 0.2) is 23.9 Å². The molecule has 0 amide bonds. The molecular formula is C24H41NO2. The third-order valence-electron chi connectivity index (χ3n) is 5.30. The lowest BCUT2D eigenvalue weighted by atomic mass is 10.0. The molecule has 0 atom stereocenters. The van der Waals surface area contributed by atoms with Gasteiger partial charge in [-0.1, -0.05) is 103 Å². The molecule has 1 N–H and O–H groups in total. The Hall–Kier alpha value is -1.38. The zero-order valence-corrected chi connectivity index (χ0v) is 17.6. The van der Waals surface area contributed by atoms with Crippen LogP contribution in [0, 0.1) is 0 Å². The van der Waals surface area contributed by atoms with E-state index in [-0.39, 0.29) is 0 Å². The van der Waals surface area contributed by atoms with Crippen molar-refractivity contribution in [2.75, 3.05) is 6.54 Å². The quantitative estimate of drug-likeness (QED) is 0.171. The zero-order chi connectivity index (χ0) is 19.6. The second-order valence-electron chi connectivity index (χ2n) is 7.89. The van der Waals surface area contributed by atoms with Crippen molar-refractivity contribution >= 4 is 11.6 Å². The molecule has 0 saturated carbocycles. The Morgan fingerprint density at radius 2 is 1.04 bits per heavy atom. The molecule has 3 nitrogen and oxygen atoms in total. The highest BCUT2D eigenvalue weighted by Gasteiger charge is 2.12. The van der Waals surface area contributed by atoms with E-state index in [2.05, 4.69) is 12.2 Å². The van der Waals surface area contributed by atoms with Gasteiger partial charge in [-0.2, -0.15) is 0 Å². The highest BCUT2D eigenvalue weighted by molar-refractivity contribution is 6.46. The van der Waals surface area contributed by atoms with Crippen molar-refractivity contribution in [2.45, 2.75) is 110 Å². The monoisotopic (exact) mass is 375 g/mol. The van der Waals surface area contributed by atoms with Crippen LogP contribution in [0.2, 0.25) is 0 Å². The SMILES string of the molecule is CCCCCCCCCCCCCCCCCCNC1=CC(=O)C(=O)C=C1. The summed E-state index contributed by atoms with van der Waals surface area (Å²) in [4.78, 5) is 22.3. The first-order valence-electron chi connectivity index (χ1n) is 11.5. The van der Waals surface area contributed by atoms with Crippen LogP contribution in [-0.2, 0) is 9.59 Å². The lowest BCUT2D eigenvalue weighted by molar-refractivity contribution is -0.131. The van der Waals surface area contributed by atoms with Crippen LogP contribution in [-0.4, -0.2) is 18.1 Å². The molecule has 0 fully saturated rings. The summed E-state index contributed by atoms with van der Waals surface area (Å²) >= 11 is 0. The van der Waals surface area contributed by atoms with Gasteiger partial charge in [-0.15, -0.1) is 0 Å². The van der Waals surface area contributed by atoms with Crippen molar-refractivity contribution in [3.8, 4) is 0 Å². The average molecular weight is 376 g/mol. The molecule has 0 saturated heterocycles. The smallest absolute Gasteiger partial charge is 0.227 e. The normalized spacial score (nSPS) is 13.9. The van der Waals surface area contributed by atoms with Gasteiger partial charge in [0, 0.05) is 18.3 Å².